The molecule has 2 aromatic carbocycles. The van der Waals surface area contributed by atoms with E-state index in [0.717, 1.165) is 35.4 Å². The number of para-hydroxylation sites is 1. The molecule has 0 aromatic heterocycles. The molecule has 1 amide bonds. The Bertz CT molecular complexity index is 1210. The average Bonchev–Trinajstić information content (AvgIpc) is 2.99. The summed E-state index contributed by atoms with van der Waals surface area (Å²) in [4.78, 5) is 20.1. The third-order valence-corrected chi connectivity index (χ3v) is 5.78. The van der Waals surface area contributed by atoms with Crippen molar-refractivity contribution in [2.24, 2.45) is 15.9 Å². The molecule has 7 nitrogen and oxygen atoms in total. The highest BCUT2D eigenvalue weighted by Crippen LogP contribution is 2.33. The number of anilines is 1. The van der Waals surface area contributed by atoms with Crippen LogP contribution >= 0.6 is 0 Å². The van der Waals surface area contributed by atoms with Crippen LogP contribution in [0.2, 0.25) is 0 Å². The number of benzene rings is 2. The van der Waals surface area contributed by atoms with Crippen LogP contribution in [-0.4, -0.2) is 30.2 Å². The predicted molar refractivity (Wildman–Crippen MR) is 137 cm³/mol. The predicted octanol–water partition coefficient (Wildman–Crippen LogP) is 4.53. The van der Waals surface area contributed by atoms with E-state index in [1.165, 1.54) is 0 Å². The second kappa shape index (κ2) is 10.2. The molecule has 3 N–H and O–H groups in total. The number of hydrogen-bond donors (Lipinski definition) is 2. The Kier molecular flexibility index (Phi) is 6.92. The maximum Gasteiger partial charge on any atom is 0.253 e. The minimum Gasteiger partial charge on any atom is -0.494 e. The van der Waals surface area contributed by atoms with Gasteiger partial charge in [0.05, 0.1) is 23.7 Å². The van der Waals surface area contributed by atoms with Crippen LogP contribution in [0.15, 0.2) is 94.7 Å². The number of carbonyl (C=O) groups is 1. The lowest BCUT2D eigenvalue weighted by Gasteiger charge is -2.28. The van der Waals surface area contributed by atoms with E-state index in [0.29, 0.717) is 29.5 Å². The van der Waals surface area contributed by atoms with E-state index in [4.69, 9.17) is 15.6 Å². The molecule has 0 radical (unpaired) electrons. The standard InChI is InChI=1S/C27H29N5O2/c1-4-34-22-16-14-21(15-17-22)27(33)30-26-18(2)32(19(3)31-28)24-13-9-8-12-23(24)25(29-26)20-10-6-5-7-11-20/h5-6,8-10,12-17,26H,2,4,7,11,28H2,1,3H3,(H,30,33)/b31-19-. The third-order valence-electron chi connectivity index (χ3n) is 5.78. The van der Waals surface area contributed by atoms with Crippen LogP contribution in [-0.2, 0) is 0 Å². The Morgan fingerprint density at radius 3 is 2.71 bits per heavy atom. The van der Waals surface area contributed by atoms with E-state index in [-0.39, 0.29) is 5.91 Å². The number of ether oxygens (including phenoxy) is 1. The van der Waals surface area contributed by atoms with Gasteiger partial charge in [-0.3, -0.25) is 14.7 Å². The number of hydrogen-bond acceptors (Lipinski definition) is 5. The number of hydrazone groups is 1. The fourth-order valence-corrected chi connectivity index (χ4v) is 4.11. The molecule has 0 saturated carbocycles. The Balaban J connectivity index is 1.76. The quantitative estimate of drug-likeness (QED) is 0.300. The summed E-state index contributed by atoms with van der Waals surface area (Å²) in [5.41, 5.74) is 4.79. The maximum absolute atomic E-state index is 13.2. The summed E-state index contributed by atoms with van der Waals surface area (Å²) in [7, 11) is 0. The van der Waals surface area contributed by atoms with Crippen molar-refractivity contribution in [3.8, 4) is 5.75 Å². The van der Waals surface area contributed by atoms with E-state index in [2.05, 4.69) is 29.1 Å². The number of nitrogens with zero attached hydrogens (tertiary/aromatic N) is 3. The van der Waals surface area contributed by atoms with Gasteiger partial charge >= 0.3 is 0 Å². The van der Waals surface area contributed by atoms with Gasteiger partial charge in [-0.25, -0.2) is 0 Å². The van der Waals surface area contributed by atoms with Crippen molar-refractivity contribution in [2.45, 2.75) is 32.9 Å². The van der Waals surface area contributed by atoms with Gasteiger partial charge in [-0.2, -0.15) is 5.10 Å². The molecule has 7 heteroatoms. The first-order valence-electron chi connectivity index (χ1n) is 11.3. The van der Waals surface area contributed by atoms with Crippen molar-refractivity contribution in [1.82, 2.24) is 5.32 Å². The van der Waals surface area contributed by atoms with Gasteiger partial charge in [-0.05, 0) is 62.6 Å². The van der Waals surface area contributed by atoms with Crippen LogP contribution in [0.5, 0.6) is 5.75 Å². The summed E-state index contributed by atoms with van der Waals surface area (Å²) >= 11 is 0. The van der Waals surface area contributed by atoms with Gasteiger partial charge in [-0.1, -0.05) is 43.0 Å². The molecule has 4 rings (SSSR count). The molecule has 1 unspecified atom stereocenters. The minimum absolute atomic E-state index is 0.261. The first-order chi connectivity index (χ1) is 16.5. The summed E-state index contributed by atoms with van der Waals surface area (Å²) in [5.74, 6) is 6.68. The summed E-state index contributed by atoms with van der Waals surface area (Å²) in [6, 6.07) is 15.0. The van der Waals surface area contributed by atoms with Crippen molar-refractivity contribution in [3.63, 3.8) is 0 Å². The SMILES string of the molecule is C=C1C(NC(=O)c2ccc(OCC)cc2)N=C(C2=CC=CCC2)c2ccccc2N1/C(C)=N\N. The summed E-state index contributed by atoms with van der Waals surface area (Å²) < 4.78 is 5.48. The topological polar surface area (TPSA) is 92.3 Å². The van der Waals surface area contributed by atoms with Crippen LogP contribution in [0.4, 0.5) is 5.69 Å². The zero-order chi connectivity index (χ0) is 24.1. The zero-order valence-corrected chi connectivity index (χ0v) is 19.5. The number of aliphatic imine (C=N–C) groups is 1. The number of rotatable bonds is 5. The van der Waals surface area contributed by atoms with Gasteiger partial charge in [0, 0.05) is 11.1 Å². The number of amidine groups is 1. The van der Waals surface area contributed by atoms with Crippen molar-refractivity contribution in [1.29, 1.82) is 0 Å². The summed E-state index contributed by atoms with van der Waals surface area (Å²) in [5, 5.41) is 6.96. The Morgan fingerprint density at radius 1 is 1.26 bits per heavy atom. The fourth-order valence-electron chi connectivity index (χ4n) is 4.11. The van der Waals surface area contributed by atoms with Crippen LogP contribution in [0.3, 0.4) is 0 Å². The molecule has 2 aliphatic rings. The number of benzodiazepines with no additional fused rings is 1. The molecule has 1 aliphatic heterocycles. The van der Waals surface area contributed by atoms with Gasteiger partial charge in [0.1, 0.15) is 11.6 Å². The highest BCUT2D eigenvalue weighted by atomic mass is 16.5. The molecule has 1 atom stereocenters. The monoisotopic (exact) mass is 455 g/mol. The second-order valence-corrected chi connectivity index (χ2v) is 7.99. The van der Waals surface area contributed by atoms with Crippen molar-refractivity contribution in [2.75, 3.05) is 11.5 Å². The number of amides is 1. The third kappa shape index (κ3) is 4.64. The molecule has 0 saturated heterocycles. The molecule has 2 aromatic rings. The van der Waals surface area contributed by atoms with E-state index in [1.807, 2.05) is 42.2 Å². The smallest absolute Gasteiger partial charge is 0.253 e. The van der Waals surface area contributed by atoms with E-state index in [9.17, 15) is 4.79 Å². The van der Waals surface area contributed by atoms with Crippen LogP contribution in [0.1, 0.15) is 42.6 Å². The van der Waals surface area contributed by atoms with Gasteiger partial charge in [-0.15, -0.1) is 0 Å². The zero-order valence-electron chi connectivity index (χ0n) is 19.5. The van der Waals surface area contributed by atoms with Gasteiger partial charge < -0.3 is 15.9 Å². The van der Waals surface area contributed by atoms with Crippen molar-refractivity contribution in [3.05, 3.63) is 95.7 Å². The molecular formula is C27H29N5O2. The molecule has 0 spiro atoms. The highest BCUT2D eigenvalue weighted by Gasteiger charge is 2.31. The normalized spacial score (nSPS) is 17.9. The molecule has 34 heavy (non-hydrogen) atoms. The van der Waals surface area contributed by atoms with E-state index in [1.54, 1.807) is 31.2 Å². The maximum atomic E-state index is 13.2. The Morgan fingerprint density at radius 2 is 2.03 bits per heavy atom. The average molecular weight is 456 g/mol. The lowest BCUT2D eigenvalue weighted by atomic mass is 9.94. The van der Waals surface area contributed by atoms with Crippen LogP contribution < -0.4 is 20.8 Å². The Hall–Kier alpha value is -4.13. The summed E-state index contributed by atoms with van der Waals surface area (Å²) in [6.45, 7) is 8.57. The van der Waals surface area contributed by atoms with Crippen LogP contribution in [0.25, 0.3) is 0 Å². The number of nitrogens with two attached hydrogens (primary N) is 1. The van der Waals surface area contributed by atoms with Gasteiger partial charge in [0.2, 0.25) is 0 Å². The Labute approximate surface area is 200 Å². The molecule has 1 heterocycles. The van der Waals surface area contributed by atoms with Gasteiger partial charge in [0.15, 0.2) is 6.17 Å². The minimum atomic E-state index is -0.718. The fraction of sp³-hybridized carbons (Fsp3) is 0.222. The van der Waals surface area contributed by atoms with E-state index < -0.39 is 6.17 Å². The lowest BCUT2D eigenvalue weighted by Crippen LogP contribution is -2.42. The molecule has 174 valence electrons. The van der Waals surface area contributed by atoms with Crippen molar-refractivity contribution >= 4 is 23.1 Å². The van der Waals surface area contributed by atoms with Gasteiger partial charge in [0.25, 0.3) is 5.91 Å². The van der Waals surface area contributed by atoms with Crippen molar-refractivity contribution < 1.29 is 9.53 Å². The number of nitrogens with one attached hydrogen (secondary N) is 1. The molecule has 1 aliphatic carbocycles. The first kappa shape index (κ1) is 23.0. The highest BCUT2D eigenvalue weighted by molar-refractivity contribution is 6.19. The van der Waals surface area contributed by atoms with E-state index >= 15 is 0 Å². The number of carbonyl (C=O) groups excluding carboxylic acids is 1. The largest absolute Gasteiger partial charge is 0.494 e. The second-order valence-electron chi connectivity index (χ2n) is 7.99. The molecule has 0 fully saturated rings. The molecule has 0 bridgehead atoms. The summed E-state index contributed by atoms with van der Waals surface area (Å²) in [6.07, 6.45) is 7.33. The molecular weight excluding hydrogens is 426 g/mol. The van der Waals surface area contributed by atoms with Crippen LogP contribution in [0, 0.1) is 0 Å². The number of fused-ring (bicyclic) bond motifs is 1. The number of allylic oxidation sites excluding steroid dienone is 4. The lowest BCUT2D eigenvalue weighted by molar-refractivity contribution is 0.0944. The first-order valence-corrected chi connectivity index (χ1v) is 11.3.